The fourth-order valence-corrected chi connectivity index (χ4v) is 6.69. The summed E-state index contributed by atoms with van der Waals surface area (Å²) in [6, 6.07) is 28.7. The number of carbonyl (C=O) groups is 1. The van der Waals surface area contributed by atoms with E-state index in [1.165, 1.54) is 0 Å². The van der Waals surface area contributed by atoms with Gasteiger partial charge in [-0.15, -0.1) is 11.3 Å². The fourth-order valence-electron chi connectivity index (χ4n) is 5.52. The number of ether oxygens (including phenoxy) is 1. The van der Waals surface area contributed by atoms with Gasteiger partial charge >= 0.3 is 0 Å². The third-order valence-corrected chi connectivity index (χ3v) is 9.80. The van der Waals surface area contributed by atoms with Crippen molar-refractivity contribution in [2.75, 3.05) is 36.8 Å². The molecule has 0 spiro atoms. The number of oxazole rings is 1. The van der Waals surface area contributed by atoms with Crippen molar-refractivity contribution in [2.45, 2.75) is 20.4 Å². The SMILES string of the molecule is CCN(CC)CCNC(=O)c1ccc(NCc2ccc(-c3cc4nccc(Oc5ccc6oc(Nc7ccc(Cl)cc7)nc6c5)c4s3)nc2)cc1. The van der Waals surface area contributed by atoms with Gasteiger partial charge in [-0.2, -0.15) is 4.98 Å². The number of anilines is 3. The van der Waals surface area contributed by atoms with Crippen LogP contribution in [0.3, 0.4) is 0 Å². The molecule has 0 aliphatic carbocycles. The molecule has 0 radical (unpaired) electrons. The lowest BCUT2D eigenvalue weighted by molar-refractivity contribution is 0.0949. The molecule has 10 nitrogen and oxygen atoms in total. The van der Waals surface area contributed by atoms with E-state index in [0.29, 0.717) is 52.3 Å². The summed E-state index contributed by atoms with van der Waals surface area (Å²) in [5.41, 5.74) is 6.43. The molecule has 0 bridgehead atoms. The third kappa shape index (κ3) is 8.29. The van der Waals surface area contributed by atoms with E-state index in [4.69, 9.17) is 25.7 Å². The lowest BCUT2D eigenvalue weighted by Crippen LogP contribution is -2.34. The number of thiophene rings is 1. The van der Waals surface area contributed by atoms with E-state index in [-0.39, 0.29) is 5.91 Å². The average Bonchev–Trinajstić information content (AvgIpc) is 3.78. The zero-order chi connectivity index (χ0) is 35.2. The number of carbonyl (C=O) groups excluding carboxylic acids is 1. The van der Waals surface area contributed by atoms with Gasteiger partial charge in [0.15, 0.2) is 5.58 Å². The van der Waals surface area contributed by atoms with E-state index in [1.54, 1.807) is 29.7 Å². The van der Waals surface area contributed by atoms with Crippen LogP contribution in [0.25, 0.3) is 31.9 Å². The van der Waals surface area contributed by atoms with Gasteiger partial charge in [0.05, 0.1) is 20.8 Å². The maximum absolute atomic E-state index is 12.5. The number of benzene rings is 3. The lowest BCUT2D eigenvalue weighted by Gasteiger charge is -2.18. The molecule has 0 aliphatic rings. The summed E-state index contributed by atoms with van der Waals surface area (Å²) in [5, 5.41) is 10.2. The minimum absolute atomic E-state index is 0.0605. The van der Waals surface area contributed by atoms with Crippen LogP contribution in [0.1, 0.15) is 29.8 Å². The van der Waals surface area contributed by atoms with E-state index in [9.17, 15) is 4.79 Å². The van der Waals surface area contributed by atoms with Crippen molar-refractivity contribution in [3.05, 3.63) is 120 Å². The predicted molar refractivity (Wildman–Crippen MR) is 206 cm³/mol. The summed E-state index contributed by atoms with van der Waals surface area (Å²) in [6.07, 6.45) is 3.62. The lowest BCUT2D eigenvalue weighted by atomic mass is 10.2. The molecule has 258 valence electrons. The zero-order valence-corrected chi connectivity index (χ0v) is 29.7. The number of halogens is 1. The Morgan fingerprint density at radius 3 is 2.47 bits per heavy atom. The third-order valence-electron chi connectivity index (χ3n) is 8.39. The van der Waals surface area contributed by atoms with E-state index < -0.39 is 0 Å². The van der Waals surface area contributed by atoms with Crippen molar-refractivity contribution in [3.63, 3.8) is 0 Å². The Hall–Kier alpha value is -5.49. The van der Waals surface area contributed by atoms with Crippen LogP contribution in [0.15, 0.2) is 108 Å². The Morgan fingerprint density at radius 1 is 0.902 bits per heavy atom. The maximum Gasteiger partial charge on any atom is 0.300 e. The maximum atomic E-state index is 12.5. The number of hydrogen-bond donors (Lipinski definition) is 3. The summed E-state index contributed by atoms with van der Waals surface area (Å²) < 4.78 is 13.1. The number of rotatable bonds is 14. The van der Waals surface area contributed by atoms with Crippen LogP contribution < -0.4 is 20.7 Å². The van der Waals surface area contributed by atoms with Crippen molar-refractivity contribution < 1.29 is 13.9 Å². The van der Waals surface area contributed by atoms with Gasteiger partial charge < -0.3 is 30.0 Å². The molecule has 0 fully saturated rings. The molecule has 51 heavy (non-hydrogen) atoms. The van der Waals surface area contributed by atoms with Crippen LogP contribution >= 0.6 is 22.9 Å². The number of fused-ring (bicyclic) bond motifs is 2. The van der Waals surface area contributed by atoms with E-state index >= 15 is 0 Å². The Bertz CT molecular complexity index is 2250. The summed E-state index contributed by atoms with van der Waals surface area (Å²) in [6.45, 7) is 8.27. The van der Waals surface area contributed by atoms with Gasteiger partial charge in [-0.05, 0) is 91.4 Å². The molecule has 4 aromatic heterocycles. The molecule has 0 aliphatic heterocycles. The molecule has 1 amide bonds. The number of nitrogens with zero attached hydrogens (tertiary/aromatic N) is 4. The number of nitrogens with one attached hydrogen (secondary N) is 3. The first kappa shape index (κ1) is 34.0. The second-order valence-corrected chi connectivity index (χ2v) is 13.3. The molecular weight excluding hydrogens is 682 g/mol. The number of likely N-dealkylation sites (N-methyl/N-ethyl adjacent to an activating group) is 1. The second kappa shape index (κ2) is 15.6. The molecule has 0 unspecified atom stereocenters. The minimum Gasteiger partial charge on any atom is -0.456 e. The van der Waals surface area contributed by atoms with Crippen molar-refractivity contribution in [1.82, 2.24) is 25.2 Å². The fraction of sp³-hybridized carbons (Fsp3) is 0.179. The van der Waals surface area contributed by atoms with Crippen LogP contribution in [-0.2, 0) is 6.54 Å². The van der Waals surface area contributed by atoms with Crippen molar-refractivity contribution >= 4 is 67.6 Å². The van der Waals surface area contributed by atoms with Crippen LogP contribution in [0.5, 0.6) is 11.5 Å². The highest BCUT2D eigenvalue weighted by Gasteiger charge is 2.14. The number of pyridine rings is 2. The van der Waals surface area contributed by atoms with Gasteiger partial charge in [0.2, 0.25) is 0 Å². The molecule has 12 heteroatoms. The van der Waals surface area contributed by atoms with Gasteiger partial charge in [-0.25, -0.2) is 0 Å². The van der Waals surface area contributed by atoms with Crippen molar-refractivity contribution in [1.29, 1.82) is 0 Å². The summed E-state index contributed by atoms with van der Waals surface area (Å²) in [5.74, 6) is 1.27. The monoisotopic (exact) mass is 717 g/mol. The van der Waals surface area contributed by atoms with E-state index in [1.807, 2.05) is 79.0 Å². The van der Waals surface area contributed by atoms with Crippen LogP contribution in [-0.4, -0.2) is 51.9 Å². The summed E-state index contributed by atoms with van der Waals surface area (Å²) >= 11 is 7.58. The molecule has 4 heterocycles. The standard InChI is InChI=1S/C39H36ClN7O3S/c1-3-47(4-2)20-19-42-38(48)26-6-10-28(11-7-26)43-23-25-5-15-31(44-24-25)36-22-33-37(51-36)35(17-18-41-33)49-30-14-16-34-32(21-30)46-39(50-34)45-29-12-8-27(40)9-13-29/h5-18,21-22,24,43H,3-4,19-20,23H2,1-2H3,(H,42,48)(H,45,46). The first-order valence-electron chi connectivity index (χ1n) is 16.7. The van der Waals surface area contributed by atoms with Crippen LogP contribution in [0, 0.1) is 0 Å². The Balaban J connectivity index is 0.967. The quantitative estimate of drug-likeness (QED) is 0.101. The van der Waals surface area contributed by atoms with E-state index in [0.717, 1.165) is 57.4 Å². The first-order valence-corrected chi connectivity index (χ1v) is 17.9. The normalized spacial score (nSPS) is 11.3. The molecule has 7 aromatic rings. The van der Waals surface area contributed by atoms with Gasteiger partial charge in [0.1, 0.15) is 17.0 Å². The largest absolute Gasteiger partial charge is 0.456 e. The predicted octanol–water partition coefficient (Wildman–Crippen LogP) is 9.37. The molecule has 0 saturated carbocycles. The van der Waals surface area contributed by atoms with Gasteiger partial charge in [-0.1, -0.05) is 31.5 Å². The van der Waals surface area contributed by atoms with E-state index in [2.05, 4.69) is 50.7 Å². The highest BCUT2D eigenvalue weighted by molar-refractivity contribution is 7.22. The minimum atomic E-state index is -0.0605. The summed E-state index contributed by atoms with van der Waals surface area (Å²) in [4.78, 5) is 29.7. The first-order chi connectivity index (χ1) is 24.9. The highest BCUT2D eigenvalue weighted by Crippen LogP contribution is 2.39. The highest BCUT2D eigenvalue weighted by atomic mass is 35.5. The van der Waals surface area contributed by atoms with Crippen LogP contribution in [0.2, 0.25) is 5.02 Å². The number of amides is 1. The molecular formula is C39H36ClN7O3S. The Morgan fingerprint density at radius 2 is 1.71 bits per heavy atom. The van der Waals surface area contributed by atoms with Crippen molar-refractivity contribution in [2.24, 2.45) is 0 Å². The molecule has 7 rings (SSSR count). The van der Waals surface area contributed by atoms with Gasteiger partial charge in [0.25, 0.3) is 11.9 Å². The van der Waals surface area contributed by atoms with Gasteiger partial charge in [-0.3, -0.25) is 14.8 Å². The molecule has 3 aromatic carbocycles. The van der Waals surface area contributed by atoms with Crippen LogP contribution in [0.4, 0.5) is 17.4 Å². The smallest absolute Gasteiger partial charge is 0.300 e. The Labute approximate surface area is 304 Å². The second-order valence-electron chi connectivity index (χ2n) is 11.8. The summed E-state index contributed by atoms with van der Waals surface area (Å²) in [7, 11) is 0. The zero-order valence-electron chi connectivity index (χ0n) is 28.2. The Kier molecular flexibility index (Phi) is 10.4. The number of hydrogen-bond acceptors (Lipinski definition) is 10. The molecule has 3 N–H and O–H groups in total. The average molecular weight is 718 g/mol. The van der Waals surface area contributed by atoms with Gasteiger partial charge in [0, 0.05) is 66.1 Å². The van der Waals surface area contributed by atoms with Crippen molar-refractivity contribution in [3.8, 4) is 22.1 Å². The molecule has 0 saturated heterocycles. The number of aromatic nitrogens is 3. The topological polar surface area (TPSA) is 117 Å². The molecule has 0 atom stereocenters.